The molecule has 1 aliphatic rings. The molecule has 1 aromatic carbocycles. The summed E-state index contributed by atoms with van der Waals surface area (Å²) < 4.78 is 0. The highest BCUT2D eigenvalue weighted by atomic mass is 16.2. The van der Waals surface area contributed by atoms with Crippen molar-refractivity contribution >= 4 is 5.91 Å². The summed E-state index contributed by atoms with van der Waals surface area (Å²) >= 11 is 0. The van der Waals surface area contributed by atoms with Crippen LogP contribution in [0.1, 0.15) is 26.3 Å². The molecule has 1 aliphatic heterocycles. The Labute approximate surface area is 128 Å². The molecule has 0 spiro atoms. The van der Waals surface area contributed by atoms with E-state index in [1.165, 1.54) is 5.56 Å². The van der Waals surface area contributed by atoms with E-state index in [1.807, 2.05) is 23.1 Å². The van der Waals surface area contributed by atoms with Gasteiger partial charge in [-0.25, -0.2) is 0 Å². The quantitative estimate of drug-likeness (QED) is 0.830. The molecule has 0 aliphatic carbocycles. The first-order valence-corrected chi connectivity index (χ1v) is 7.95. The van der Waals surface area contributed by atoms with Crippen LogP contribution in [0.5, 0.6) is 0 Å². The molecule has 1 N–H and O–H groups in total. The summed E-state index contributed by atoms with van der Waals surface area (Å²) in [6.45, 7) is 10.1. The molecule has 1 fully saturated rings. The number of benzene rings is 1. The average molecular weight is 289 g/mol. The van der Waals surface area contributed by atoms with Crippen molar-refractivity contribution < 1.29 is 4.79 Å². The maximum atomic E-state index is 12.6. The normalized spacial score (nSPS) is 20.3. The minimum atomic E-state index is -0.0773. The Kier molecular flexibility index (Phi) is 5.76. The number of carbonyl (C=O) groups excluding carboxylic acids is 1. The molecule has 1 amide bonds. The highest BCUT2D eigenvalue weighted by Gasteiger charge is 2.34. The second-order valence-corrected chi connectivity index (χ2v) is 5.75. The summed E-state index contributed by atoms with van der Waals surface area (Å²) in [6.07, 6.45) is 0.772. The van der Waals surface area contributed by atoms with Crippen LogP contribution in [0.3, 0.4) is 0 Å². The monoisotopic (exact) mass is 289 g/mol. The Bertz CT molecular complexity index is 445. The van der Waals surface area contributed by atoms with E-state index < -0.39 is 0 Å². The molecule has 0 aromatic heterocycles. The molecule has 1 saturated heterocycles. The van der Waals surface area contributed by atoms with Crippen LogP contribution >= 0.6 is 0 Å². The molecular weight excluding hydrogens is 262 g/mol. The minimum absolute atomic E-state index is 0.0773. The van der Waals surface area contributed by atoms with Crippen LogP contribution in [-0.2, 0) is 11.2 Å². The number of nitrogens with zero attached hydrogens (tertiary/aromatic N) is 2. The Hall–Kier alpha value is -1.39. The van der Waals surface area contributed by atoms with Gasteiger partial charge in [0, 0.05) is 12.6 Å². The van der Waals surface area contributed by atoms with E-state index in [9.17, 15) is 4.79 Å². The first-order valence-electron chi connectivity index (χ1n) is 7.95. The second kappa shape index (κ2) is 7.57. The largest absolute Gasteiger partial charge is 0.325 e. The lowest BCUT2D eigenvalue weighted by atomic mass is 10.1. The predicted molar refractivity (Wildman–Crippen MR) is 86.0 cm³/mol. The fourth-order valence-corrected chi connectivity index (χ4v) is 2.91. The molecule has 4 nitrogen and oxygen atoms in total. The molecule has 2 atom stereocenters. The van der Waals surface area contributed by atoms with E-state index in [4.69, 9.17) is 0 Å². The van der Waals surface area contributed by atoms with Crippen LogP contribution in [0.15, 0.2) is 30.3 Å². The second-order valence-electron chi connectivity index (χ2n) is 5.75. The van der Waals surface area contributed by atoms with E-state index in [-0.39, 0.29) is 18.0 Å². The molecule has 4 heteroatoms. The molecule has 0 saturated carbocycles. The van der Waals surface area contributed by atoms with Crippen molar-refractivity contribution in [2.75, 3.05) is 26.3 Å². The number of carbonyl (C=O) groups is 1. The lowest BCUT2D eigenvalue weighted by Crippen LogP contribution is -2.44. The van der Waals surface area contributed by atoms with Gasteiger partial charge in [-0.05, 0) is 32.0 Å². The van der Waals surface area contributed by atoms with Crippen molar-refractivity contribution in [1.29, 1.82) is 0 Å². The van der Waals surface area contributed by atoms with Gasteiger partial charge < -0.3 is 9.80 Å². The van der Waals surface area contributed by atoms with Crippen molar-refractivity contribution in [3.63, 3.8) is 0 Å². The summed E-state index contributed by atoms with van der Waals surface area (Å²) in [6, 6.07) is 10.4. The van der Waals surface area contributed by atoms with Gasteiger partial charge in [-0.2, -0.15) is 0 Å². The van der Waals surface area contributed by atoms with Gasteiger partial charge >= 0.3 is 0 Å². The Balaban J connectivity index is 1.91. The Morgan fingerprint density at radius 1 is 1.29 bits per heavy atom. The third kappa shape index (κ3) is 4.05. The predicted octanol–water partition coefficient (Wildman–Crippen LogP) is 1.72. The summed E-state index contributed by atoms with van der Waals surface area (Å²) in [7, 11) is 0. The van der Waals surface area contributed by atoms with Gasteiger partial charge in [-0.1, -0.05) is 44.2 Å². The zero-order valence-electron chi connectivity index (χ0n) is 13.4. The third-order valence-corrected chi connectivity index (χ3v) is 4.32. The lowest BCUT2D eigenvalue weighted by molar-refractivity contribution is -0.130. The number of hydrogen-bond acceptors (Lipinski definition) is 3. The first kappa shape index (κ1) is 16.0. The third-order valence-electron chi connectivity index (χ3n) is 4.32. The lowest BCUT2D eigenvalue weighted by Gasteiger charge is -2.29. The standard InChI is InChI=1S/C17H27N3O/c1-4-19(5-2)12-14(3)20-13-18-16(17(20)21)11-15-9-7-6-8-10-15/h6-10,14,16,18H,4-5,11-13H2,1-3H3. The van der Waals surface area contributed by atoms with Crippen LogP contribution < -0.4 is 5.32 Å². The van der Waals surface area contributed by atoms with Crippen LogP contribution in [0.25, 0.3) is 0 Å². The molecule has 1 aromatic rings. The van der Waals surface area contributed by atoms with E-state index in [0.29, 0.717) is 6.67 Å². The summed E-state index contributed by atoms with van der Waals surface area (Å²) in [5, 5.41) is 3.35. The molecule has 2 unspecified atom stereocenters. The van der Waals surface area contributed by atoms with Gasteiger partial charge in [0.05, 0.1) is 12.7 Å². The van der Waals surface area contributed by atoms with Crippen molar-refractivity contribution in [2.24, 2.45) is 0 Å². The van der Waals surface area contributed by atoms with Crippen molar-refractivity contribution in [1.82, 2.24) is 15.1 Å². The fourth-order valence-electron chi connectivity index (χ4n) is 2.91. The van der Waals surface area contributed by atoms with E-state index in [1.54, 1.807) is 0 Å². The van der Waals surface area contributed by atoms with Crippen LogP contribution in [0.4, 0.5) is 0 Å². The minimum Gasteiger partial charge on any atom is -0.325 e. The van der Waals surface area contributed by atoms with E-state index in [0.717, 1.165) is 26.1 Å². The molecule has 1 heterocycles. The Morgan fingerprint density at radius 2 is 1.95 bits per heavy atom. The highest BCUT2D eigenvalue weighted by molar-refractivity contribution is 5.84. The molecule has 0 radical (unpaired) electrons. The van der Waals surface area contributed by atoms with Crippen molar-refractivity contribution in [2.45, 2.75) is 39.3 Å². The van der Waals surface area contributed by atoms with Gasteiger partial charge in [-0.3, -0.25) is 10.1 Å². The smallest absolute Gasteiger partial charge is 0.241 e. The SMILES string of the molecule is CCN(CC)CC(C)N1CNC(Cc2ccccc2)C1=O. The highest BCUT2D eigenvalue weighted by Crippen LogP contribution is 2.13. The zero-order valence-corrected chi connectivity index (χ0v) is 13.4. The molecule has 21 heavy (non-hydrogen) atoms. The number of likely N-dealkylation sites (N-methyl/N-ethyl adjacent to an activating group) is 1. The molecule has 2 rings (SSSR count). The van der Waals surface area contributed by atoms with Gasteiger partial charge in [0.2, 0.25) is 5.91 Å². The van der Waals surface area contributed by atoms with Crippen molar-refractivity contribution in [3.8, 4) is 0 Å². The number of amides is 1. The van der Waals surface area contributed by atoms with Crippen LogP contribution in [0.2, 0.25) is 0 Å². The Morgan fingerprint density at radius 3 is 2.57 bits per heavy atom. The van der Waals surface area contributed by atoms with Gasteiger partial charge in [0.15, 0.2) is 0 Å². The van der Waals surface area contributed by atoms with Gasteiger partial charge in [-0.15, -0.1) is 0 Å². The molecule has 0 bridgehead atoms. The van der Waals surface area contributed by atoms with E-state index >= 15 is 0 Å². The molecule has 116 valence electrons. The topological polar surface area (TPSA) is 35.6 Å². The zero-order chi connectivity index (χ0) is 15.2. The number of nitrogens with one attached hydrogen (secondary N) is 1. The average Bonchev–Trinajstić information content (AvgIpc) is 2.87. The fraction of sp³-hybridized carbons (Fsp3) is 0.588. The van der Waals surface area contributed by atoms with Gasteiger partial charge in [0.25, 0.3) is 0 Å². The van der Waals surface area contributed by atoms with E-state index in [2.05, 4.69) is 43.1 Å². The molecular formula is C17H27N3O. The number of rotatable bonds is 7. The van der Waals surface area contributed by atoms with Crippen LogP contribution in [0, 0.1) is 0 Å². The summed E-state index contributed by atoms with van der Waals surface area (Å²) in [5.41, 5.74) is 1.21. The van der Waals surface area contributed by atoms with Gasteiger partial charge in [0.1, 0.15) is 0 Å². The maximum absolute atomic E-state index is 12.6. The maximum Gasteiger partial charge on any atom is 0.241 e. The number of hydrogen-bond donors (Lipinski definition) is 1. The van der Waals surface area contributed by atoms with Crippen molar-refractivity contribution in [3.05, 3.63) is 35.9 Å². The van der Waals surface area contributed by atoms with Crippen LogP contribution in [-0.4, -0.2) is 54.1 Å². The first-order chi connectivity index (χ1) is 10.2. The summed E-state index contributed by atoms with van der Waals surface area (Å²) in [4.78, 5) is 16.9. The summed E-state index contributed by atoms with van der Waals surface area (Å²) in [5.74, 6) is 0.235.